The van der Waals surface area contributed by atoms with Gasteiger partial charge in [0.1, 0.15) is 5.82 Å². The number of alkyl halides is 1. The normalized spacial score (nSPS) is 12.6. The Labute approximate surface area is 120 Å². The summed E-state index contributed by atoms with van der Waals surface area (Å²) >= 11 is 5.96. The van der Waals surface area contributed by atoms with E-state index in [0.29, 0.717) is 11.9 Å². The Morgan fingerprint density at radius 2 is 2.05 bits per heavy atom. The first-order valence-corrected chi connectivity index (χ1v) is 7.38. The number of fused-ring (bicyclic) bond motifs is 1. The fourth-order valence-corrected chi connectivity index (χ4v) is 2.53. The highest BCUT2D eigenvalue weighted by Crippen LogP contribution is 2.27. The zero-order valence-corrected chi connectivity index (χ0v) is 12.6. The molecule has 0 aliphatic heterocycles. The van der Waals surface area contributed by atoms with Crippen LogP contribution >= 0.6 is 11.6 Å². The first-order valence-electron chi connectivity index (χ1n) is 6.84. The fourth-order valence-electron chi connectivity index (χ4n) is 2.39. The number of halogens is 1. The van der Waals surface area contributed by atoms with Gasteiger partial charge in [-0.2, -0.15) is 0 Å². The van der Waals surface area contributed by atoms with Crippen molar-refractivity contribution in [2.75, 3.05) is 11.9 Å². The number of aromatic nitrogens is 1. The molecule has 0 radical (unpaired) electrons. The molecule has 0 aliphatic carbocycles. The molecule has 0 aliphatic rings. The lowest BCUT2D eigenvalue weighted by Crippen LogP contribution is -2.29. The third-order valence-corrected chi connectivity index (χ3v) is 3.89. The van der Waals surface area contributed by atoms with E-state index in [-0.39, 0.29) is 0 Å². The molecule has 19 heavy (non-hydrogen) atoms. The Balaban J connectivity index is 2.51. The summed E-state index contributed by atoms with van der Waals surface area (Å²) in [4.78, 5) is 6.98. The van der Waals surface area contributed by atoms with Crippen molar-refractivity contribution in [2.45, 2.75) is 38.6 Å². The number of pyridine rings is 1. The van der Waals surface area contributed by atoms with Crippen molar-refractivity contribution in [3.63, 3.8) is 0 Å². The SMILES string of the molecule is CCCC(C)N(C)c1nc(CCl)cc2ccccc12. The van der Waals surface area contributed by atoms with Crippen molar-refractivity contribution >= 4 is 28.2 Å². The molecule has 0 spiro atoms. The molecule has 2 nitrogen and oxygen atoms in total. The van der Waals surface area contributed by atoms with Gasteiger partial charge >= 0.3 is 0 Å². The second-order valence-corrected chi connectivity index (χ2v) is 5.31. The molecule has 0 saturated heterocycles. The van der Waals surface area contributed by atoms with Gasteiger partial charge in [0.25, 0.3) is 0 Å². The number of rotatable bonds is 5. The monoisotopic (exact) mass is 276 g/mol. The van der Waals surface area contributed by atoms with Crippen molar-refractivity contribution in [3.8, 4) is 0 Å². The minimum atomic E-state index is 0.452. The van der Waals surface area contributed by atoms with E-state index >= 15 is 0 Å². The van der Waals surface area contributed by atoms with Crippen molar-refractivity contribution in [1.82, 2.24) is 4.98 Å². The largest absolute Gasteiger partial charge is 0.356 e. The first-order chi connectivity index (χ1) is 9.17. The average Bonchev–Trinajstić information content (AvgIpc) is 2.45. The van der Waals surface area contributed by atoms with Crippen LogP contribution in [0.2, 0.25) is 0 Å². The van der Waals surface area contributed by atoms with Crippen molar-refractivity contribution in [1.29, 1.82) is 0 Å². The van der Waals surface area contributed by atoms with Gasteiger partial charge in [-0.1, -0.05) is 37.6 Å². The molecule has 1 atom stereocenters. The van der Waals surface area contributed by atoms with Crippen molar-refractivity contribution in [2.24, 2.45) is 0 Å². The highest BCUT2D eigenvalue weighted by atomic mass is 35.5. The molecule has 1 aromatic heterocycles. The molecule has 0 fully saturated rings. The van der Waals surface area contributed by atoms with Gasteiger partial charge in [-0.15, -0.1) is 11.6 Å². The first kappa shape index (κ1) is 14.1. The number of hydrogen-bond donors (Lipinski definition) is 0. The van der Waals surface area contributed by atoms with Gasteiger partial charge in [0.15, 0.2) is 0 Å². The van der Waals surface area contributed by atoms with E-state index in [0.717, 1.165) is 17.9 Å². The van der Waals surface area contributed by atoms with E-state index < -0.39 is 0 Å². The van der Waals surface area contributed by atoms with Crippen LogP contribution in [0.5, 0.6) is 0 Å². The summed E-state index contributed by atoms with van der Waals surface area (Å²) < 4.78 is 0. The van der Waals surface area contributed by atoms with Gasteiger partial charge in [-0.05, 0) is 24.8 Å². The Kier molecular flexibility index (Phi) is 4.65. The molecule has 1 aromatic carbocycles. The van der Waals surface area contributed by atoms with Gasteiger partial charge in [0.2, 0.25) is 0 Å². The number of hydrogen-bond acceptors (Lipinski definition) is 2. The maximum absolute atomic E-state index is 5.96. The smallest absolute Gasteiger partial charge is 0.136 e. The molecule has 1 heterocycles. The summed E-state index contributed by atoms with van der Waals surface area (Å²) in [5.74, 6) is 1.49. The van der Waals surface area contributed by atoms with Gasteiger partial charge < -0.3 is 4.90 Å². The molecule has 2 rings (SSSR count). The molecule has 0 N–H and O–H groups in total. The summed E-state index contributed by atoms with van der Waals surface area (Å²) in [5.41, 5.74) is 0.936. The topological polar surface area (TPSA) is 16.1 Å². The van der Waals surface area contributed by atoms with E-state index in [1.807, 2.05) is 0 Å². The predicted octanol–water partition coefficient (Wildman–Crippen LogP) is 4.60. The molecular weight excluding hydrogens is 256 g/mol. The van der Waals surface area contributed by atoms with Crippen LogP contribution in [0.1, 0.15) is 32.4 Å². The van der Waals surface area contributed by atoms with Gasteiger partial charge in [0.05, 0.1) is 11.6 Å². The number of nitrogens with zero attached hydrogens (tertiary/aromatic N) is 2. The Morgan fingerprint density at radius 3 is 2.74 bits per heavy atom. The van der Waals surface area contributed by atoms with Crippen LogP contribution in [0.25, 0.3) is 10.8 Å². The highest BCUT2D eigenvalue weighted by Gasteiger charge is 2.14. The maximum atomic E-state index is 5.96. The van der Waals surface area contributed by atoms with Crippen LogP contribution in [0.4, 0.5) is 5.82 Å². The molecule has 2 aromatic rings. The fraction of sp³-hybridized carbons (Fsp3) is 0.438. The van der Waals surface area contributed by atoms with Gasteiger partial charge in [0, 0.05) is 18.5 Å². The summed E-state index contributed by atoms with van der Waals surface area (Å²) in [6.07, 6.45) is 2.34. The van der Waals surface area contributed by atoms with Gasteiger partial charge in [-0.25, -0.2) is 4.98 Å². The van der Waals surface area contributed by atoms with Crippen LogP contribution in [-0.2, 0) is 5.88 Å². The molecule has 1 unspecified atom stereocenters. The van der Waals surface area contributed by atoms with E-state index in [1.165, 1.54) is 17.2 Å². The van der Waals surface area contributed by atoms with Crippen LogP contribution in [0.15, 0.2) is 30.3 Å². The van der Waals surface area contributed by atoms with E-state index in [9.17, 15) is 0 Å². The Bertz CT molecular complexity index is 553. The second kappa shape index (κ2) is 6.25. The van der Waals surface area contributed by atoms with Crippen LogP contribution < -0.4 is 4.90 Å². The molecule has 0 saturated carbocycles. The zero-order valence-electron chi connectivity index (χ0n) is 11.9. The molecule has 102 valence electrons. The third-order valence-electron chi connectivity index (χ3n) is 3.61. The lowest BCUT2D eigenvalue weighted by Gasteiger charge is -2.27. The van der Waals surface area contributed by atoms with Crippen molar-refractivity contribution in [3.05, 3.63) is 36.0 Å². The van der Waals surface area contributed by atoms with E-state index in [2.05, 4.69) is 56.1 Å². The Hall–Kier alpha value is -1.28. The predicted molar refractivity (Wildman–Crippen MR) is 84.1 cm³/mol. The van der Waals surface area contributed by atoms with E-state index in [4.69, 9.17) is 16.6 Å². The summed E-state index contributed by atoms with van der Waals surface area (Å²) in [6.45, 7) is 4.46. The summed E-state index contributed by atoms with van der Waals surface area (Å²) in [5, 5.41) is 2.40. The number of anilines is 1. The van der Waals surface area contributed by atoms with Gasteiger partial charge in [-0.3, -0.25) is 0 Å². The number of benzene rings is 1. The maximum Gasteiger partial charge on any atom is 0.136 e. The van der Waals surface area contributed by atoms with Crippen LogP contribution in [0, 0.1) is 0 Å². The van der Waals surface area contributed by atoms with Crippen LogP contribution in [-0.4, -0.2) is 18.1 Å². The molecular formula is C16H21ClN2. The minimum absolute atomic E-state index is 0.452. The quantitative estimate of drug-likeness (QED) is 0.742. The lowest BCUT2D eigenvalue weighted by molar-refractivity contribution is 0.612. The van der Waals surface area contributed by atoms with E-state index in [1.54, 1.807) is 0 Å². The average molecular weight is 277 g/mol. The summed E-state index contributed by atoms with van der Waals surface area (Å²) in [6, 6.07) is 10.9. The molecule has 3 heteroatoms. The third kappa shape index (κ3) is 3.01. The summed E-state index contributed by atoms with van der Waals surface area (Å²) in [7, 11) is 2.12. The highest BCUT2D eigenvalue weighted by molar-refractivity contribution is 6.17. The standard InChI is InChI=1S/C16H21ClN2/c1-4-7-12(2)19(3)16-15-9-6-5-8-13(15)10-14(11-17)18-16/h5-6,8-10,12H,4,7,11H2,1-3H3. The second-order valence-electron chi connectivity index (χ2n) is 5.04. The van der Waals surface area contributed by atoms with Crippen molar-refractivity contribution < 1.29 is 0 Å². The zero-order chi connectivity index (χ0) is 13.8. The minimum Gasteiger partial charge on any atom is -0.356 e. The molecule has 0 bridgehead atoms. The molecule has 0 amide bonds. The lowest BCUT2D eigenvalue weighted by atomic mass is 10.1. The van der Waals surface area contributed by atoms with Crippen LogP contribution in [0.3, 0.4) is 0 Å². The Morgan fingerprint density at radius 1 is 1.32 bits per heavy atom.